The molecule has 1 aromatic rings. The van der Waals surface area contributed by atoms with Crippen molar-refractivity contribution < 1.29 is 23.5 Å². The first-order chi connectivity index (χ1) is 12.0. The molecule has 2 atom stereocenters. The molecule has 0 radical (unpaired) electrons. The second kappa shape index (κ2) is 7.47. The molecule has 132 valence electrons. The van der Waals surface area contributed by atoms with Crippen LogP contribution in [0.1, 0.15) is 11.5 Å². The highest BCUT2D eigenvalue weighted by Crippen LogP contribution is 2.42. The molecule has 25 heavy (non-hydrogen) atoms. The van der Waals surface area contributed by atoms with E-state index in [0.29, 0.717) is 27.9 Å². The zero-order valence-electron chi connectivity index (χ0n) is 13.2. The molecule has 0 amide bonds. The summed E-state index contributed by atoms with van der Waals surface area (Å²) in [5.74, 6) is -2.49. The summed E-state index contributed by atoms with van der Waals surface area (Å²) in [5, 5.41) is 0.344. The van der Waals surface area contributed by atoms with Gasteiger partial charge < -0.3 is 9.47 Å². The van der Waals surface area contributed by atoms with E-state index in [-0.39, 0.29) is 23.5 Å². The zero-order valence-corrected chi connectivity index (χ0v) is 16.4. The second-order valence-electron chi connectivity index (χ2n) is 5.67. The van der Waals surface area contributed by atoms with Crippen molar-refractivity contribution in [2.24, 2.45) is 10.9 Å². The summed E-state index contributed by atoms with van der Waals surface area (Å²) in [4.78, 5) is 29.4. The average molecular weight is 475 g/mol. The molecular weight excluding hydrogens is 461 g/mol. The van der Waals surface area contributed by atoms with Gasteiger partial charge in [0.25, 0.3) is 0 Å². The van der Waals surface area contributed by atoms with Crippen LogP contribution in [0.5, 0.6) is 0 Å². The summed E-state index contributed by atoms with van der Waals surface area (Å²) in [7, 11) is 1.29. The van der Waals surface area contributed by atoms with Gasteiger partial charge in [-0.05, 0) is 33.6 Å². The molecule has 5 nitrogen and oxygen atoms in total. The average Bonchev–Trinajstić information content (AvgIpc) is 2.62. The Kier molecular flexibility index (Phi) is 5.50. The van der Waals surface area contributed by atoms with Gasteiger partial charge in [0.05, 0.1) is 23.9 Å². The number of halogens is 3. The number of nitrogens with zero attached hydrogens (tertiary/aromatic N) is 1. The number of hydrogen-bond donors (Lipinski definition) is 0. The minimum absolute atomic E-state index is 0.0647. The van der Waals surface area contributed by atoms with Gasteiger partial charge in [-0.3, -0.25) is 14.6 Å². The van der Waals surface area contributed by atoms with Gasteiger partial charge in [0.1, 0.15) is 18.3 Å². The Bertz CT molecular complexity index is 806. The molecular formula is C17H14Br2FNO4. The SMILES string of the molecule is COC(=O)C1C(CBr)=NC2=C(C(=O)COC2)C1c1ccc(F)c(Br)c1. The zero-order chi connectivity index (χ0) is 18.1. The van der Waals surface area contributed by atoms with E-state index in [2.05, 4.69) is 36.9 Å². The van der Waals surface area contributed by atoms with E-state index < -0.39 is 23.6 Å². The lowest BCUT2D eigenvalue weighted by Gasteiger charge is -2.34. The number of esters is 1. The highest BCUT2D eigenvalue weighted by Gasteiger charge is 2.44. The summed E-state index contributed by atoms with van der Waals surface area (Å²) in [5.41, 5.74) is 2.13. The minimum atomic E-state index is -0.762. The number of hydrogen-bond acceptors (Lipinski definition) is 5. The summed E-state index contributed by atoms with van der Waals surface area (Å²) >= 11 is 6.52. The van der Waals surface area contributed by atoms with Gasteiger partial charge in [-0.2, -0.15) is 0 Å². The second-order valence-corrected chi connectivity index (χ2v) is 7.08. The van der Waals surface area contributed by atoms with Crippen LogP contribution in [0.2, 0.25) is 0 Å². The van der Waals surface area contributed by atoms with Gasteiger partial charge in [0.2, 0.25) is 0 Å². The standard InChI is InChI=1S/C17H14Br2FNO4/c1-24-17(23)16-11(5-18)21-12-6-25-7-13(22)15(12)14(16)8-2-3-10(20)9(19)4-8/h2-4,14,16H,5-7H2,1H3. The largest absolute Gasteiger partial charge is 0.468 e. The molecule has 2 aliphatic rings. The topological polar surface area (TPSA) is 65.0 Å². The fourth-order valence-electron chi connectivity index (χ4n) is 3.18. The molecule has 1 aromatic carbocycles. The lowest BCUT2D eigenvalue weighted by atomic mass is 9.74. The maximum absolute atomic E-state index is 13.7. The Balaban J connectivity index is 2.22. The van der Waals surface area contributed by atoms with E-state index in [1.807, 2.05) is 0 Å². The van der Waals surface area contributed by atoms with E-state index in [9.17, 15) is 14.0 Å². The molecule has 0 aromatic heterocycles. The van der Waals surface area contributed by atoms with Crippen molar-refractivity contribution in [2.45, 2.75) is 5.92 Å². The van der Waals surface area contributed by atoms with Gasteiger partial charge in [-0.1, -0.05) is 22.0 Å². The number of ether oxygens (including phenoxy) is 2. The number of benzene rings is 1. The number of aliphatic imine (C=N–C) groups is 1. The van der Waals surface area contributed by atoms with Gasteiger partial charge >= 0.3 is 5.97 Å². The molecule has 0 bridgehead atoms. The summed E-state index contributed by atoms with van der Waals surface area (Å²) < 4.78 is 24.2. The number of Topliss-reactive ketones (excluding diaryl/α,β-unsaturated/α-hetero) is 1. The van der Waals surface area contributed by atoms with Crippen molar-refractivity contribution in [3.05, 3.63) is 45.3 Å². The Morgan fingerprint density at radius 3 is 2.84 bits per heavy atom. The molecule has 0 fully saturated rings. The van der Waals surface area contributed by atoms with E-state index in [0.717, 1.165) is 0 Å². The van der Waals surface area contributed by atoms with Crippen LogP contribution in [0.25, 0.3) is 0 Å². The van der Waals surface area contributed by atoms with Crippen molar-refractivity contribution in [3.63, 3.8) is 0 Å². The van der Waals surface area contributed by atoms with Crippen molar-refractivity contribution >= 4 is 49.3 Å². The van der Waals surface area contributed by atoms with Gasteiger partial charge in [0.15, 0.2) is 5.78 Å². The van der Waals surface area contributed by atoms with Crippen LogP contribution in [0.3, 0.4) is 0 Å². The third-order valence-corrected chi connectivity index (χ3v) is 5.44. The van der Waals surface area contributed by atoms with Crippen LogP contribution in [-0.2, 0) is 19.1 Å². The van der Waals surface area contributed by atoms with Crippen LogP contribution in [0.15, 0.2) is 38.9 Å². The van der Waals surface area contributed by atoms with E-state index in [1.165, 1.54) is 13.2 Å². The highest BCUT2D eigenvalue weighted by atomic mass is 79.9. The van der Waals surface area contributed by atoms with E-state index in [4.69, 9.17) is 9.47 Å². The first-order valence-corrected chi connectivity index (χ1v) is 9.39. The quantitative estimate of drug-likeness (QED) is 0.498. The maximum Gasteiger partial charge on any atom is 0.315 e. The molecule has 2 heterocycles. The van der Waals surface area contributed by atoms with Gasteiger partial charge in [-0.15, -0.1) is 0 Å². The van der Waals surface area contributed by atoms with Crippen LogP contribution < -0.4 is 0 Å². The van der Waals surface area contributed by atoms with Gasteiger partial charge in [0, 0.05) is 22.5 Å². The summed E-state index contributed by atoms with van der Waals surface area (Å²) in [6.07, 6.45) is 0. The van der Waals surface area contributed by atoms with Crippen molar-refractivity contribution in [1.29, 1.82) is 0 Å². The molecule has 2 unspecified atom stereocenters. The Labute approximate surface area is 160 Å². The van der Waals surface area contributed by atoms with Crippen LogP contribution in [0, 0.1) is 11.7 Å². The first-order valence-electron chi connectivity index (χ1n) is 7.48. The molecule has 3 rings (SSSR count). The third kappa shape index (κ3) is 3.35. The predicted octanol–water partition coefficient (Wildman–Crippen LogP) is 3.16. The smallest absolute Gasteiger partial charge is 0.315 e. The predicted molar refractivity (Wildman–Crippen MR) is 96.4 cm³/mol. The number of alkyl halides is 1. The van der Waals surface area contributed by atoms with E-state index in [1.54, 1.807) is 12.1 Å². The highest BCUT2D eigenvalue weighted by molar-refractivity contribution is 9.10. The first kappa shape index (κ1) is 18.4. The normalized spacial score (nSPS) is 23.2. The molecule has 2 aliphatic heterocycles. The van der Waals surface area contributed by atoms with Gasteiger partial charge in [-0.25, -0.2) is 4.39 Å². The van der Waals surface area contributed by atoms with Crippen molar-refractivity contribution in [2.75, 3.05) is 25.7 Å². The fraction of sp³-hybridized carbons (Fsp3) is 0.353. The fourth-order valence-corrected chi connectivity index (χ4v) is 4.05. The molecule has 0 saturated heterocycles. The minimum Gasteiger partial charge on any atom is -0.468 e. The number of carbonyl (C=O) groups is 2. The Hall–Kier alpha value is -1.38. The van der Waals surface area contributed by atoms with E-state index >= 15 is 0 Å². The Morgan fingerprint density at radius 2 is 2.20 bits per heavy atom. The maximum atomic E-state index is 13.7. The number of ketones is 1. The molecule has 0 spiro atoms. The van der Waals surface area contributed by atoms with Crippen LogP contribution in [-0.4, -0.2) is 43.1 Å². The summed E-state index contributed by atoms with van der Waals surface area (Å²) in [6, 6.07) is 4.46. The third-order valence-electron chi connectivity index (χ3n) is 4.26. The van der Waals surface area contributed by atoms with Crippen molar-refractivity contribution in [1.82, 2.24) is 0 Å². The van der Waals surface area contributed by atoms with Crippen molar-refractivity contribution in [3.8, 4) is 0 Å². The number of carbonyl (C=O) groups excluding carboxylic acids is 2. The summed E-state index contributed by atoms with van der Waals surface area (Å²) in [6.45, 7) is 0.134. The molecule has 0 saturated carbocycles. The molecule has 0 N–H and O–H groups in total. The lowest BCUT2D eigenvalue weighted by Crippen LogP contribution is -2.40. The number of rotatable bonds is 3. The van der Waals surface area contributed by atoms with Crippen LogP contribution >= 0.6 is 31.9 Å². The Morgan fingerprint density at radius 1 is 1.44 bits per heavy atom. The molecule has 0 aliphatic carbocycles. The number of methoxy groups -OCH3 is 1. The monoisotopic (exact) mass is 473 g/mol. The van der Waals surface area contributed by atoms with Crippen LogP contribution in [0.4, 0.5) is 4.39 Å². The molecule has 8 heteroatoms. The lowest BCUT2D eigenvalue weighted by molar-refractivity contribution is -0.143.